The summed E-state index contributed by atoms with van der Waals surface area (Å²) in [5.74, 6) is -4.62. The highest BCUT2D eigenvalue weighted by Crippen LogP contribution is 2.39. The number of nitrogens with one attached hydrogen (secondary N) is 1. The highest BCUT2D eigenvalue weighted by molar-refractivity contribution is 5.74. The molecule has 1 aromatic carbocycles. The second-order valence-corrected chi connectivity index (χ2v) is 7.15. The molecular weight excluding hydrogens is 416 g/mol. The molecule has 0 aliphatic carbocycles. The third-order valence-corrected chi connectivity index (χ3v) is 4.44. The number of nitrogens with zero attached hydrogens (tertiary/aromatic N) is 1. The van der Waals surface area contributed by atoms with Gasteiger partial charge in [0.2, 0.25) is 11.5 Å². The fourth-order valence-electron chi connectivity index (χ4n) is 3.01. The van der Waals surface area contributed by atoms with Gasteiger partial charge < -0.3 is 10.4 Å². The summed E-state index contributed by atoms with van der Waals surface area (Å²) in [7, 11) is 0. The van der Waals surface area contributed by atoms with Gasteiger partial charge in [-0.1, -0.05) is 0 Å². The summed E-state index contributed by atoms with van der Waals surface area (Å²) in [5.41, 5.74) is -4.40. The molecule has 164 valence electrons. The Labute approximate surface area is 167 Å². The minimum Gasteiger partial charge on any atom is -0.374 e. The lowest BCUT2D eigenvalue weighted by Crippen LogP contribution is -2.50. The van der Waals surface area contributed by atoms with Crippen molar-refractivity contribution in [3.05, 3.63) is 53.0 Å². The van der Waals surface area contributed by atoms with Gasteiger partial charge in [0.15, 0.2) is 17.9 Å². The summed E-state index contributed by atoms with van der Waals surface area (Å²) in [5, 5.41) is 12.4. The van der Waals surface area contributed by atoms with E-state index in [0.717, 1.165) is 45.0 Å². The molecule has 1 heterocycles. The summed E-state index contributed by atoms with van der Waals surface area (Å²) in [6, 6.07) is 3.85. The maximum Gasteiger partial charge on any atom is 0.276 e. The van der Waals surface area contributed by atoms with Gasteiger partial charge >= 0.3 is 0 Å². The summed E-state index contributed by atoms with van der Waals surface area (Å²) >= 11 is 0. The van der Waals surface area contributed by atoms with E-state index in [9.17, 15) is 27.5 Å². The largest absolute Gasteiger partial charge is 0.374 e. The number of hydrogen-bond donors (Lipinski definition) is 3. The summed E-state index contributed by atoms with van der Waals surface area (Å²) in [6.07, 6.45) is -7.13. The van der Waals surface area contributed by atoms with Crippen LogP contribution in [0.4, 0.5) is 26.3 Å². The lowest BCUT2D eigenvalue weighted by atomic mass is 9.87. The number of hydrogen-bond acceptors (Lipinski definition) is 4. The van der Waals surface area contributed by atoms with Crippen LogP contribution in [0.25, 0.3) is 11.3 Å². The van der Waals surface area contributed by atoms with Crippen molar-refractivity contribution in [1.29, 1.82) is 0 Å². The van der Waals surface area contributed by atoms with Gasteiger partial charge in [0.05, 0.1) is 11.1 Å². The highest BCUT2D eigenvalue weighted by atomic mass is 19.3. The van der Waals surface area contributed by atoms with E-state index in [1.54, 1.807) is 0 Å². The Balaban J connectivity index is 2.96. The van der Waals surface area contributed by atoms with Gasteiger partial charge in [-0.05, 0) is 38.1 Å². The molecule has 11 heteroatoms. The second-order valence-electron chi connectivity index (χ2n) is 7.15. The van der Waals surface area contributed by atoms with Crippen LogP contribution < -0.4 is 11.1 Å². The van der Waals surface area contributed by atoms with Crippen molar-refractivity contribution < 1.29 is 36.2 Å². The molecule has 2 atom stereocenters. The van der Waals surface area contributed by atoms with Gasteiger partial charge in [-0.15, -0.1) is 0 Å². The van der Waals surface area contributed by atoms with Crippen LogP contribution in [0, 0.1) is 17.5 Å². The highest BCUT2D eigenvalue weighted by Gasteiger charge is 2.51. The number of carbonyl (C=O) groups excluding carboxylic acids is 1. The zero-order valence-electron chi connectivity index (χ0n) is 16.1. The van der Waals surface area contributed by atoms with E-state index in [-0.39, 0.29) is 5.56 Å². The van der Waals surface area contributed by atoms with Crippen LogP contribution >= 0.6 is 0 Å². The molecule has 0 saturated heterocycles. The monoisotopic (exact) mass is 435 g/mol. The van der Waals surface area contributed by atoms with E-state index in [0.29, 0.717) is 0 Å². The maximum atomic E-state index is 15.3. The van der Waals surface area contributed by atoms with Crippen molar-refractivity contribution in [3.63, 3.8) is 0 Å². The molecule has 2 unspecified atom stereocenters. The molecule has 0 radical (unpaired) electrons. The third kappa shape index (κ3) is 4.12. The molecule has 0 spiro atoms. The topological polar surface area (TPSA) is 88.2 Å². The minimum atomic E-state index is -3.94. The Morgan fingerprint density at radius 1 is 1.10 bits per heavy atom. The normalized spacial score (nSPS) is 15.1. The molecule has 5 nitrogen and oxygen atoms in total. The quantitative estimate of drug-likeness (QED) is 0.480. The van der Waals surface area contributed by atoms with Crippen LogP contribution in [0.5, 0.6) is 0 Å². The van der Waals surface area contributed by atoms with Gasteiger partial charge in [0, 0.05) is 12.5 Å². The number of alkyl halides is 3. The number of pyridine rings is 1. The van der Waals surface area contributed by atoms with E-state index in [1.165, 1.54) is 0 Å². The Hall–Kier alpha value is -2.66. The van der Waals surface area contributed by atoms with Gasteiger partial charge in [-0.3, -0.25) is 10.5 Å². The molecule has 2 rings (SSSR count). The molecule has 30 heavy (non-hydrogen) atoms. The fourth-order valence-corrected chi connectivity index (χ4v) is 3.01. The van der Waals surface area contributed by atoms with Crippen LogP contribution in [0.1, 0.15) is 32.0 Å². The number of carbonyl (C=O) groups is 1. The first kappa shape index (κ1) is 23.6. The molecule has 4 N–H and O–H groups in total. The smallest absolute Gasteiger partial charge is 0.276 e. The third-order valence-electron chi connectivity index (χ3n) is 4.44. The zero-order chi connectivity index (χ0) is 23.0. The SMILES string of the molecule is CC(=O)NC(C)(C)c1c(F)c(-c2ccc(F)cc2)nc(C(O)(C(N)F)C(F)F)c1F. The Kier molecular flexibility index (Phi) is 6.48. The summed E-state index contributed by atoms with van der Waals surface area (Å²) < 4.78 is 84.6. The lowest BCUT2D eigenvalue weighted by molar-refractivity contribution is -0.149. The van der Waals surface area contributed by atoms with Crippen molar-refractivity contribution in [2.75, 3.05) is 0 Å². The van der Waals surface area contributed by atoms with Crippen molar-refractivity contribution >= 4 is 5.91 Å². The number of halogens is 6. The molecule has 0 saturated carbocycles. The summed E-state index contributed by atoms with van der Waals surface area (Å²) in [4.78, 5) is 14.9. The minimum absolute atomic E-state index is 0.181. The maximum absolute atomic E-state index is 15.3. The molecule has 0 aliphatic heterocycles. The number of nitrogens with two attached hydrogens (primary N) is 1. The van der Waals surface area contributed by atoms with Gasteiger partial charge in [0.25, 0.3) is 6.43 Å². The number of amides is 1. The molecule has 1 aromatic heterocycles. The molecule has 1 amide bonds. The van der Waals surface area contributed by atoms with E-state index in [2.05, 4.69) is 10.3 Å². The van der Waals surface area contributed by atoms with Crippen LogP contribution in [0.3, 0.4) is 0 Å². The molecule has 2 aromatic rings. The number of benzene rings is 1. The van der Waals surface area contributed by atoms with Crippen molar-refractivity contribution in [1.82, 2.24) is 10.3 Å². The van der Waals surface area contributed by atoms with Gasteiger partial charge in [-0.25, -0.2) is 31.3 Å². The van der Waals surface area contributed by atoms with Crippen molar-refractivity contribution in [3.8, 4) is 11.3 Å². The zero-order valence-corrected chi connectivity index (χ0v) is 16.1. The molecule has 0 bridgehead atoms. The van der Waals surface area contributed by atoms with Crippen LogP contribution in [-0.4, -0.2) is 28.7 Å². The first-order valence-corrected chi connectivity index (χ1v) is 8.58. The number of rotatable bonds is 6. The molecular formula is C19H19F6N3O2. The number of aliphatic hydroxyl groups is 1. The van der Waals surface area contributed by atoms with E-state index in [1.807, 2.05) is 0 Å². The average molecular weight is 435 g/mol. The van der Waals surface area contributed by atoms with E-state index < -0.39 is 64.2 Å². The Bertz CT molecular complexity index is 940. The van der Waals surface area contributed by atoms with Crippen molar-refractivity contribution in [2.24, 2.45) is 5.73 Å². The first-order chi connectivity index (χ1) is 13.7. The fraction of sp³-hybridized carbons (Fsp3) is 0.368. The van der Waals surface area contributed by atoms with Crippen molar-refractivity contribution in [2.45, 2.75) is 44.6 Å². The van der Waals surface area contributed by atoms with Crippen LogP contribution in [-0.2, 0) is 15.9 Å². The predicted octanol–water partition coefficient (Wildman–Crippen LogP) is 3.24. The predicted molar refractivity (Wildman–Crippen MR) is 95.4 cm³/mol. The molecule has 0 fully saturated rings. The van der Waals surface area contributed by atoms with Gasteiger partial charge in [0.1, 0.15) is 17.2 Å². The first-order valence-electron chi connectivity index (χ1n) is 8.58. The lowest BCUT2D eigenvalue weighted by Gasteiger charge is -2.33. The van der Waals surface area contributed by atoms with Crippen LogP contribution in [0.2, 0.25) is 0 Å². The second kappa shape index (κ2) is 8.23. The Morgan fingerprint density at radius 2 is 1.63 bits per heavy atom. The van der Waals surface area contributed by atoms with E-state index in [4.69, 9.17) is 5.73 Å². The average Bonchev–Trinajstić information content (AvgIpc) is 2.60. The standard InChI is InChI=1S/C19H19F6N3O2/c1-8(29)28-18(2,3)11-12(21)14(9-4-6-10(20)7-5-9)27-15(13(11)22)19(30,16(23)24)17(25)26/h4-7,16-17,30H,26H2,1-3H3,(H,28,29). The summed E-state index contributed by atoms with van der Waals surface area (Å²) in [6.45, 7) is 3.36. The van der Waals surface area contributed by atoms with Gasteiger partial charge in [-0.2, -0.15) is 0 Å². The Morgan fingerprint density at radius 3 is 2.07 bits per heavy atom. The number of aromatic nitrogens is 1. The molecule has 0 aliphatic rings. The van der Waals surface area contributed by atoms with Crippen LogP contribution in [0.15, 0.2) is 24.3 Å². The van der Waals surface area contributed by atoms with E-state index >= 15 is 8.78 Å².